The lowest BCUT2D eigenvalue weighted by molar-refractivity contribution is 0.171. The molecule has 0 saturated carbocycles. The van der Waals surface area contributed by atoms with Crippen LogP contribution in [0.4, 0.5) is 10.1 Å². The Morgan fingerprint density at radius 2 is 1.86 bits per heavy atom. The first kappa shape index (κ1) is 14.0. The van der Waals surface area contributed by atoms with Gasteiger partial charge in [0.05, 0.1) is 4.47 Å². The zero-order valence-electron chi connectivity index (χ0n) is 11.1. The number of anilines is 1. The van der Waals surface area contributed by atoms with Gasteiger partial charge in [-0.1, -0.05) is 0 Å². The van der Waals surface area contributed by atoms with Gasteiger partial charge in [-0.3, -0.25) is 0 Å². The molecule has 0 bridgehead atoms. The summed E-state index contributed by atoms with van der Waals surface area (Å²) in [6.07, 6.45) is 0. The molecule has 0 aromatic heterocycles. The molecule has 110 valence electrons. The fourth-order valence-electron chi connectivity index (χ4n) is 2.02. The summed E-state index contributed by atoms with van der Waals surface area (Å²) in [4.78, 5) is 0. The van der Waals surface area contributed by atoms with Crippen molar-refractivity contribution in [2.45, 2.75) is 6.61 Å². The number of hydrogen-bond acceptors (Lipinski definition) is 4. The minimum absolute atomic E-state index is 0.257. The van der Waals surface area contributed by atoms with Crippen molar-refractivity contribution in [3.63, 3.8) is 0 Å². The highest BCUT2D eigenvalue weighted by atomic mass is 79.9. The molecule has 4 nitrogen and oxygen atoms in total. The maximum absolute atomic E-state index is 13.0. The number of rotatable bonds is 3. The summed E-state index contributed by atoms with van der Waals surface area (Å²) >= 11 is 3.26. The van der Waals surface area contributed by atoms with Gasteiger partial charge in [-0.05, 0) is 40.2 Å². The molecule has 21 heavy (non-hydrogen) atoms. The van der Waals surface area contributed by atoms with Crippen LogP contribution in [0.25, 0.3) is 0 Å². The van der Waals surface area contributed by atoms with E-state index in [1.54, 1.807) is 18.2 Å². The topological polar surface area (TPSA) is 53.7 Å². The van der Waals surface area contributed by atoms with Gasteiger partial charge in [-0.15, -0.1) is 0 Å². The van der Waals surface area contributed by atoms with Crippen LogP contribution in [0.1, 0.15) is 5.56 Å². The van der Waals surface area contributed by atoms with Gasteiger partial charge >= 0.3 is 0 Å². The van der Waals surface area contributed by atoms with E-state index in [0.717, 1.165) is 5.56 Å². The van der Waals surface area contributed by atoms with Crippen molar-refractivity contribution in [3.05, 3.63) is 46.2 Å². The van der Waals surface area contributed by atoms with Crippen LogP contribution in [0, 0.1) is 5.82 Å². The summed E-state index contributed by atoms with van der Waals surface area (Å²) < 4.78 is 30.2. The third-order valence-corrected chi connectivity index (χ3v) is 3.70. The monoisotopic (exact) mass is 353 g/mol. The Kier molecular flexibility index (Phi) is 3.88. The van der Waals surface area contributed by atoms with Crippen molar-refractivity contribution >= 4 is 21.6 Å². The van der Waals surface area contributed by atoms with Crippen LogP contribution in [0.3, 0.4) is 0 Å². The molecule has 0 unspecified atom stereocenters. The van der Waals surface area contributed by atoms with Crippen molar-refractivity contribution in [1.82, 2.24) is 0 Å². The van der Waals surface area contributed by atoms with Crippen molar-refractivity contribution in [2.24, 2.45) is 0 Å². The van der Waals surface area contributed by atoms with E-state index in [9.17, 15) is 4.39 Å². The number of benzene rings is 2. The number of fused-ring (bicyclic) bond motifs is 1. The van der Waals surface area contributed by atoms with Gasteiger partial charge in [0.25, 0.3) is 0 Å². The number of nitrogen functional groups attached to an aromatic ring is 1. The number of nitrogens with two attached hydrogens (primary N) is 1. The van der Waals surface area contributed by atoms with E-state index in [4.69, 9.17) is 19.9 Å². The fourth-order valence-corrected chi connectivity index (χ4v) is 2.48. The van der Waals surface area contributed by atoms with Gasteiger partial charge in [0.15, 0.2) is 11.5 Å². The molecular formula is C15H13BrFNO3. The van der Waals surface area contributed by atoms with E-state index in [0.29, 0.717) is 40.6 Å². The predicted octanol–water partition coefficient (Wildman–Crippen LogP) is 3.52. The maximum Gasteiger partial charge on any atom is 0.163 e. The smallest absolute Gasteiger partial charge is 0.163 e. The Balaban J connectivity index is 1.78. The third-order valence-electron chi connectivity index (χ3n) is 3.08. The van der Waals surface area contributed by atoms with Crippen LogP contribution in [0.15, 0.2) is 34.8 Å². The van der Waals surface area contributed by atoms with Crippen LogP contribution >= 0.6 is 15.9 Å². The molecule has 2 aromatic carbocycles. The Hall–Kier alpha value is -1.95. The van der Waals surface area contributed by atoms with Gasteiger partial charge in [0.2, 0.25) is 0 Å². The van der Waals surface area contributed by atoms with Crippen molar-refractivity contribution in [1.29, 1.82) is 0 Å². The summed E-state index contributed by atoms with van der Waals surface area (Å²) in [5.41, 5.74) is 7.34. The lowest BCUT2D eigenvalue weighted by atomic mass is 10.1. The standard InChI is InChI=1S/C15H13BrFNO3/c16-11-6-10(17)1-2-13(11)21-8-9-5-14-15(7-12(9)18)20-4-3-19-14/h1-2,5-7H,3-4,8,18H2. The molecule has 2 aromatic rings. The molecule has 0 atom stereocenters. The molecule has 0 aliphatic carbocycles. The first-order valence-electron chi connectivity index (χ1n) is 6.39. The second-order valence-corrected chi connectivity index (χ2v) is 5.41. The molecule has 0 spiro atoms. The van der Waals surface area contributed by atoms with Crippen LogP contribution in [-0.2, 0) is 6.61 Å². The molecule has 0 amide bonds. The molecule has 3 rings (SSSR count). The van der Waals surface area contributed by atoms with Crippen molar-refractivity contribution in [2.75, 3.05) is 18.9 Å². The van der Waals surface area contributed by atoms with E-state index in [1.807, 2.05) is 0 Å². The third kappa shape index (κ3) is 3.05. The van der Waals surface area contributed by atoms with Gasteiger partial charge in [0.1, 0.15) is 31.4 Å². The van der Waals surface area contributed by atoms with E-state index in [-0.39, 0.29) is 12.4 Å². The molecule has 0 saturated heterocycles. The lowest BCUT2D eigenvalue weighted by Gasteiger charge is -2.20. The van der Waals surface area contributed by atoms with Gasteiger partial charge < -0.3 is 19.9 Å². The van der Waals surface area contributed by atoms with E-state index < -0.39 is 0 Å². The summed E-state index contributed by atoms with van der Waals surface area (Å²) in [5.74, 6) is 1.52. The maximum atomic E-state index is 13.0. The fraction of sp³-hybridized carbons (Fsp3) is 0.200. The molecule has 6 heteroatoms. The first-order valence-corrected chi connectivity index (χ1v) is 7.18. The second-order valence-electron chi connectivity index (χ2n) is 4.56. The highest BCUT2D eigenvalue weighted by Gasteiger charge is 2.15. The minimum atomic E-state index is -0.326. The lowest BCUT2D eigenvalue weighted by Crippen LogP contribution is -2.16. The number of ether oxygens (including phenoxy) is 3. The molecular weight excluding hydrogens is 341 g/mol. The SMILES string of the molecule is Nc1cc2c(cc1COc1ccc(F)cc1Br)OCCO2. The van der Waals surface area contributed by atoms with Crippen molar-refractivity contribution in [3.8, 4) is 17.2 Å². The Morgan fingerprint density at radius 3 is 2.57 bits per heavy atom. The van der Waals surface area contributed by atoms with Crippen LogP contribution in [0.2, 0.25) is 0 Å². The van der Waals surface area contributed by atoms with E-state index >= 15 is 0 Å². The summed E-state index contributed by atoms with van der Waals surface area (Å²) in [6.45, 7) is 1.29. The zero-order chi connectivity index (χ0) is 14.8. The zero-order valence-corrected chi connectivity index (χ0v) is 12.7. The summed E-state index contributed by atoms with van der Waals surface area (Å²) in [5, 5.41) is 0. The van der Waals surface area contributed by atoms with Crippen LogP contribution < -0.4 is 19.9 Å². The average Bonchev–Trinajstić information content (AvgIpc) is 2.46. The molecule has 1 aliphatic rings. The van der Waals surface area contributed by atoms with Gasteiger partial charge in [0, 0.05) is 17.3 Å². The van der Waals surface area contributed by atoms with Crippen LogP contribution in [0.5, 0.6) is 17.2 Å². The average molecular weight is 354 g/mol. The van der Waals surface area contributed by atoms with Crippen molar-refractivity contribution < 1.29 is 18.6 Å². The predicted molar refractivity (Wildman–Crippen MR) is 80.3 cm³/mol. The van der Waals surface area contributed by atoms with E-state index in [1.165, 1.54) is 12.1 Å². The summed E-state index contributed by atoms with van der Waals surface area (Å²) in [7, 11) is 0. The van der Waals surface area contributed by atoms with Gasteiger partial charge in [-0.2, -0.15) is 0 Å². The highest BCUT2D eigenvalue weighted by Crippen LogP contribution is 2.35. The first-order chi connectivity index (χ1) is 10.1. The Bertz CT molecular complexity index is 678. The normalized spacial score (nSPS) is 13.0. The molecule has 1 heterocycles. The highest BCUT2D eigenvalue weighted by molar-refractivity contribution is 9.10. The Labute approximate surface area is 129 Å². The largest absolute Gasteiger partial charge is 0.488 e. The molecule has 2 N–H and O–H groups in total. The Morgan fingerprint density at radius 1 is 1.14 bits per heavy atom. The number of halogens is 2. The molecule has 1 aliphatic heterocycles. The molecule has 0 fully saturated rings. The second kappa shape index (κ2) is 5.81. The summed E-state index contributed by atoms with van der Waals surface area (Å²) in [6, 6.07) is 7.79. The van der Waals surface area contributed by atoms with Gasteiger partial charge in [-0.25, -0.2) is 4.39 Å². The molecule has 0 radical (unpaired) electrons. The van der Waals surface area contributed by atoms with Crippen LogP contribution in [-0.4, -0.2) is 13.2 Å². The minimum Gasteiger partial charge on any atom is -0.488 e. The van der Waals surface area contributed by atoms with E-state index in [2.05, 4.69) is 15.9 Å². The quantitative estimate of drug-likeness (QED) is 0.857. The number of hydrogen-bond donors (Lipinski definition) is 1.